The molecule has 0 saturated carbocycles. The molecule has 250 valence electrons. The van der Waals surface area contributed by atoms with Gasteiger partial charge in [-0.25, -0.2) is 0 Å². The first-order chi connectivity index (χ1) is 24.7. The largest absolute Gasteiger partial charge is 0.0642 e. The summed E-state index contributed by atoms with van der Waals surface area (Å²) in [7, 11) is 0. The van der Waals surface area contributed by atoms with E-state index < -0.39 is 0 Å². The molecule has 7 aromatic rings. The summed E-state index contributed by atoms with van der Waals surface area (Å²) < 4.78 is 0. The van der Waals surface area contributed by atoms with Gasteiger partial charge >= 0.3 is 0 Å². The van der Waals surface area contributed by atoms with E-state index in [-0.39, 0.29) is 16.2 Å². The molecule has 0 nitrogen and oxygen atoms in total. The van der Waals surface area contributed by atoms with Crippen LogP contribution in [0.25, 0.3) is 55.3 Å². The quantitative estimate of drug-likeness (QED) is 0.167. The maximum Gasteiger partial charge on any atom is 0.0203 e. The van der Waals surface area contributed by atoms with Crippen LogP contribution in [0.4, 0.5) is 0 Å². The lowest BCUT2D eigenvalue weighted by Gasteiger charge is -2.36. The molecule has 2 aliphatic carbocycles. The Morgan fingerprint density at radius 3 is 1.61 bits per heavy atom. The lowest BCUT2D eigenvalue weighted by atomic mass is 9.67. The average Bonchev–Trinajstić information content (AvgIpc) is 3.54. The molecule has 0 N–H and O–H groups in total. The first-order valence-electron chi connectivity index (χ1n) is 18.8. The zero-order valence-corrected chi connectivity index (χ0v) is 30.8. The summed E-state index contributed by atoms with van der Waals surface area (Å²) in [6.45, 7) is 14.5. The Kier molecular flexibility index (Phi) is 7.10. The highest BCUT2D eigenvalue weighted by Gasteiger charge is 2.43. The van der Waals surface area contributed by atoms with Crippen molar-refractivity contribution in [3.8, 4) is 44.5 Å². The molecule has 0 unspecified atom stereocenters. The van der Waals surface area contributed by atoms with Crippen LogP contribution in [0.1, 0.15) is 87.8 Å². The van der Waals surface area contributed by atoms with Crippen molar-refractivity contribution in [1.82, 2.24) is 0 Å². The minimum absolute atomic E-state index is 0.0929. The zero-order chi connectivity index (χ0) is 35.1. The summed E-state index contributed by atoms with van der Waals surface area (Å²) >= 11 is 0. The predicted octanol–water partition coefficient (Wildman–Crippen LogP) is 13.9. The van der Waals surface area contributed by atoms with Crippen LogP contribution in [0.3, 0.4) is 0 Å². The van der Waals surface area contributed by atoms with Gasteiger partial charge in [0.05, 0.1) is 0 Å². The number of benzene rings is 7. The molecule has 0 spiro atoms. The van der Waals surface area contributed by atoms with Gasteiger partial charge in [0.2, 0.25) is 0 Å². The first kappa shape index (κ1) is 31.8. The molecule has 0 heteroatoms. The lowest BCUT2D eigenvalue weighted by molar-refractivity contribution is 0.478. The normalized spacial score (nSPS) is 14.9. The third-order valence-corrected chi connectivity index (χ3v) is 12.8. The van der Waals surface area contributed by atoms with E-state index in [0.717, 1.165) is 12.8 Å². The van der Waals surface area contributed by atoms with Gasteiger partial charge in [0.1, 0.15) is 0 Å². The van der Waals surface area contributed by atoms with E-state index >= 15 is 0 Å². The second-order valence-electron chi connectivity index (χ2n) is 15.9. The molecular weight excluding hydrogens is 613 g/mol. The molecule has 2 aliphatic rings. The Labute approximate surface area is 303 Å². The van der Waals surface area contributed by atoms with Crippen molar-refractivity contribution in [2.75, 3.05) is 0 Å². The summed E-state index contributed by atoms with van der Waals surface area (Å²) in [4.78, 5) is 0. The van der Waals surface area contributed by atoms with Crippen molar-refractivity contribution in [2.45, 2.75) is 70.6 Å². The van der Waals surface area contributed by atoms with Crippen LogP contribution >= 0.6 is 0 Å². The van der Waals surface area contributed by atoms with E-state index in [9.17, 15) is 0 Å². The fraction of sp³-hybridized carbons (Fsp3) is 0.216. The number of hydrogen-bond donors (Lipinski definition) is 0. The van der Waals surface area contributed by atoms with Crippen LogP contribution in [0, 0.1) is 0 Å². The lowest BCUT2D eigenvalue weighted by Crippen LogP contribution is -2.28. The van der Waals surface area contributed by atoms with Gasteiger partial charge in [-0.1, -0.05) is 169 Å². The summed E-state index contributed by atoms with van der Waals surface area (Å²) in [5, 5.41) is 2.68. The second-order valence-corrected chi connectivity index (χ2v) is 15.9. The topological polar surface area (TPSA) is 0 Å². The van der Waals surface area contributed by atoms with Crippen molar-refractivity contribution >= 4 is 10.8 Å². The summed E-state index contributed by atoms with van der Waals surface area (Å²) in [5.41, 5.74) is 19.1. The van der Waals surface area contributed by atoms with Gasteiger partial charge in [-0.2, -0.15) is 0 Å². The maximum absolute atomic E-state index is 2.58. The average molecular weight is 659 g/mol. The highest BCUT2D eigenvalue weighted by molar-refractivity contribution is 6.09. The third-order valence-electron chi connectivity index (χ3n) is 12.8. The highest BCUT2D eigenvalue weighted by Crippen LogP contribution is 2.59. The minimum Gasteiger partial charge on any atom is -0.0642 e. The monoisotopic (exact) mass is 658 g/mol. The third kappa shape index (κ3) is 4.45. The zero-order valence-electron chi connectivity index (χ0n) is 30.8. The van der Waals surface area contributed by atoms with Gasteiger partial charge in [-0.05, 0) is 120 Å². The molecule has 0 saturated heterocycles. The van der Waals surface area contributed by atoms with E-state index in [1.165, 1.54) is 88.7 Å². The number of hydrogen-bond acceptors (Lipinski definition) is 0. The van der Waals surface area contributed by atoms with Crippen LogP contribution in [0.2, 0.25) is 0 Å². The Hall–Kier alpha value is -5.20. The fourth-order valence-electron chi connectivity index (χ4n) is 9.93. The van der Waals surface area contributed by atoms with Crippen molar-refractivity contribution in [3.63, 3.8) is 0 Å². The molecule has 0 heterocycles. The van der Waals surface area contributed by atoms with E-state index in [2.05, 4.69) is 187 Å². The smallest absolute Gasteiger partial charge is 0.0203 e. The van der Waals surface area contributed by atoms with Gasteiger partial charge < -0.3 is 0 Å². The molecule has 0 amide bonds. The molecule has 7 aromatic carbocycles. The van der Waals surface area contributed by atoms with Crippen LogP contribution in [0.5, 0.6) is 0 Å². The summed E-state index contributed by atoms with van der Waals surface area (Å²) in [6, 6.07) is 55.1. The molecule has 0 bridgehead atoms. The van der Waals surface area contributed by atoms with Gasteiger partial charge in [0.25, 0.3) is 0 Å². The highest BCUT2D eigenvalue weighted by atomic mass is 14.5. The standard InChI is InChI=1S/C51H46/c1-7-51(8-2,43-26-18-17-23-36(43)33-19-11-9-12-20-33)35-27-28-38-41-31-46-42(32-45(41)49(3,4)44(38)29-35)48-39-25-16-15-24-37(39)40(30-47(48)50(46,5)6)34-21-13-10-14-22-34/h9-32H,7-8H2,1-6H3. The molecule has 0 atom stereocenters. The van der Waals surface area contributed by atoms with Gasteiger partial charge in [-0.3, -0.25) is 0 Å². The molecule has 51 heavy (non-hydrogen) atoms. The number of fused-ring (bicyclic) bond motifs is 8. The van der Waals surface area contributed by atoms with Crippen molar-refractivity contribution < 1.29 is 0 Å². The van der Waals surface area contributed by atoms with Gasteiger partial charge in [0.15, 0.2) is 0 Å². The summed E-state index contributed by atoms with van der Waals surface area (Å²) in [6.07, 6.45) is 2.08. The molecular formula is C51H46. The van der Waals surface area contributed by atoms with E-state index in [0.29, 0.717) is 0 Å². The molecule has 0 fully saturated rings. The second kappa shape index (κ2) is 11.4. The summed E-state index contributed by atoms with van der Waals surface area (Å²) in [5.74, 6) is 0. The van der Waals surface area contributed by atoms with Gasteiger partial charge in [0, 0.05) is 16.2 Å². The Morgan fingerprint density at radius 2 is 0.922 bits per heavy atom. The van der Waals surface area contributed by atoms with Crippen molar-refractivity contribution in [1.29, 1.82) is 0 Å². The maximum atomic E-state index is 2.58. The van der Waals surface area contributed by atoms with Crippen molar-refractivity contribution in [3.05, 3.63) is 179 Å². The van der Waals surface area contributed by atoms with Crippen molar-refractivity contribution in [2.24, 2.45) is 0 Å². The van der Waals surface area contributed by atoms with Crippen LogP contribution in [-0.2, 0) is 16.2 Å². The molecule has 0 aliphatic heterocycles. The SMILES string of the molecule is CCC(CC)(c1ccc2c(c1)C(C)(C)c1cc3c(cc1-2)C(C)(C)c1cc(-c2ccccc2)c2ccccc2c1-3)c1ccccc1-c1ccccc1. The van der Waals surface area contributed by atoms with Gasteiger partial charge in [-0.15, -0.1) is 0 Å². The molecule has 0 radical (unpaired) electrons. The molecule has 9 rings (SSSR count). The van der Waals surface area contributed by atoms with Crippen LogP contribution in [0.15, 0.2) is 146 Å². The van der Waals surface area contributed by atoms with E-state index in [1.54, 1.807) is 0 Å². The van der Waals surface area contributed by atoms with E-state index in [4.69, 9.17) is 0 Å². The minimum atomic E-state index is -0.130. The predicted molar refractivity (Wildman–Crippen MR) is 218 cm³/mol. The van der Waals surface area contributed by atoms with Crippen LogP contribution in [-0.4, -0.2) is 0 Å². The van der Waals surface area contributed by atoms with Crippen LogP contribution < -0.4 is 0 Å². The molecule has 0 aromatic heterocycles. The first-order valence-corrected chi connectivity index (χ1v) is 18.8. The fourth-order valence-corrected chi connectivity index (χ4v) is 9.93. The number of rotatable bonds is 6. The Morgan fingerprint density at radius 1 is 0.412 bits per heavy atom. The Balaban J connectivity index is 1.22. The Bertz CT molecular complexity index is 2470. The van der Waals surface area contributed by atoms with E-state index in [1.807, 2.05) is 0 Å².